The van der Waals surface area contributed by atoms with Crippen LogP contribution in [0.3, 0.4) is 0 Å². The number of esters is 1. The quantitative estimate of drug-likeness (QED) is 0.643. The summed E-state index contributed by atoms with van der Waals surface area (Å²) in [6.45, 7) is 6.44. The Bertz CT molecular complexity index is 940. The molecule has 0 aromatic heterocycles. The highest BCUT2D eigenvalue weighted by Gasteiger charge is 2.19. The molecule has 0 fully saturated rings. The SMILES string of the molecule is CCOc1ccc(CNS(=O)(=O)c2cc(C(=O)OC)ccc2C)cc1OCC. The van der Waals surface area contributed by atoms with Crippen molar-refractivity contribution in [2.45, 2.75) is 32.2 Å². The lowest BCUT2D eigenvalue weighted by molar-refractivity contribution is 0.0600. The molecule has 2 aromatic carbocycles. The first-order valence-electron chi connectivity index (χ1n) is 8.89. The second-order valence-electron chi connectivity index (χ2n) is 5.94. The topological polar surface area (TPSA) is 90.9 Å². The second-order valence-corrected chi connectivity index (χ2v) is 7.68. The summed E-state index contributed by atoms with van der Waals surface area (Å²) >= 11 is 0. The van der Waals surface area contributed by atoms with E-state index in [2.05, 4.69) is 9.46 Å². The molecular weight excluding hydrogens is 382 g/mol. The lowest BCUT2D eigenvalue weighted by atomic mass is 10.1. The van der Waals surface area contributed by atoms with E-state index in [4.69, 9.17) is 9.47 Å². The van der Waals surface area contributed by atoms with Gasteiger partial charge in [-0.05, 0) is 56.2 Å². The van der Waals surface area contributed by atoms with Gasteiger partial charge in [-0.2, -0.15) is 0 Å². The van der Waals surface area contributed by atoms with Gasteiger partial charge in [-0.1, -0.05) is 12.1 Å². The fraction of sp³-hybridized carbons (Fsp3) is 0.350. The zero-order valence-corrected chi connectivity index (χ0v) is 17.3. The standard InChI is InChI=1S/C20H25NO6S/c1-5-26-17-10-8-15(11-18(17)27-6-2)13-21-28(23,24)19-12-16(20(22)25-4)9-7-14(19)3/h7-12,21H,5-6,13H2,1-4H3. The van der Waals surface area contributed by atoms with Gasteiger partial charge in [0.25, 0.3) is 0 Å². The molecule has 7 nitrogen and oxygen atoms in total. The van der Waals surface area contributed by atoms with E-state index in [-0.39, 0.29) is 17.0 Å². The normalized spacial score (nSPS) is 11.1. The Morgan fingerprint density at radius 1 is 1.00 bits per heavy atom. The average molecular weight is 407 g/mol. The molecule has 0 amide bonds. The summed E-state index contributed by atoms with van der Waals surface area (Å²) in [6, 6.07) is 9.68. The monoisotopic (exact) mass is 407 g/mol. The van der Waals surface area contributed by atoms with Crippen LogP contribution in [0.1, 0.15) is 35.3 Å². The van der Waals surface area contributed by atoms with E-state index in [1.54, 1.807) is 31.2 Å². The highest BCUT2D eigenvalue weighted by molar-refractivity contribution is 7.89. The summed E-state index contributed by atoms with van der Waals surface area (Å²) in [5.74, 6) is 0.576. The number of hydrogen-bond donors (Lipinski definition) is 1. The molecular formula is C20H25NO6S. The van der Waals surface area contributed by atoms with Crippen molar-refractivity contribution < 1.29 is 27.4 Å². The van der Waals surface area contributed by atoms with Gasteiger partial charge in [0.2, 0.25) is 10.0 Å². The van der Waals surface area contributed by atoms with Crippen LogP contribution in [-0.4, -0.2) is 34.7 Å². The van der Waals surface area contributed by atoms with E-state index in [1.807, 2.05) is 13.8 Å². The van der Waals surface area contributed by atoms with Gasteiger partial charge in [0.1, 0.15) is 0 Å². The number of carbonyl (C=O) groups is 1. The fourth-order valence-corrected chi connectivity index (χ4v) is 3.88. The number of sulfonamides is 1. The third-order valence-corrected chi connectivity index (χ3v) is 5.52. The van der Waals surface area contributed by atoms with E-state index in [9.17, 15) is 13.2 Å². The second kappa shape index (κ2) is 9.57. The predicted molar refractivity (Wildman–Crippen MR) is 105 cm³/mol. The zero-order chi connectivity index (χ0) is 20.7. The van der Waals surface area contributed by atoms with Crippen LogP contribution >= 0.6 is 0 Å². The van der Waals surface area contributed by atoms with Crippen LogP contribution in [0.4, 0.5) is 0 Å². The molecule has 28 heavy (non-hydrogen) atoms. The molecule has 0 bridgehead atoms. The molecule has 0 aliphatic carbocycles. The molecule has 0 spiro atoms. The molecule has 0 unspecified atom stereocenters. The Labute approximate surface area is 165 Å². The summed E-state index contributed by atoms with van der Waals surface area (Å²) in [5.41, 5.74) is 1.42. The van der Waals surface area contributed by atoms with Gasteiger partial charge in [-0.25, -0.2) is 17.9 Å². The number of ether oxygens (including phenoxy) is 3. The molecule has 0 aliphatic heterocycles. The average Bonchev–Trinajstić information content (AvgIpc) is 2.68. The Kier molecular flexibility index (Phi) is 7.42. The number of rotatable bonds is 9. The van der Waals surface area contributed by atoms with Crippen molar-refractivity contribution in [3.05, 3.63) is 53.1 Å². The number of benzene rings is 2. The highest BCUT2D eigenvalue weighted by Crippen LogP contribution is 2.28. The molecule has 0 aliphatic rings. The van der Waals surface area contributed by atoms with Gasteiger partial charge >= 0.3 is 5.97 Å². The van der Waals surface area contributed by atoms with E-state index < -0.39 is 16.0 Å². The Balaban J connectivity index is 2.24. The van der Waals surface area contributed by atoms with Crippen LogP contribution in [0.2, 0.25) is 0 Å². The summed E-state index contributed by atoms with van der Waals surface area (Å²) in [5, 5.41) is 0. The lowest BCUT2D eigenvalue weighted by Gasteiger charge is -2.14. The molecule has 0 saturated heterocycles. The molecule has 8 heteroatoms. The van der Waals surface area contributed by atoms with E-state index in [1.165, 1.54) is 19.2 Å². The Morgan fingerprint density at radius 3 is 2.32 bits per heavy atom. The van der Waals surface area contributed by atoms with Crippen LogP contribution in [-0.2, 0) is 21.3 Å². The summed E-state index contributed by atoms with van der Waals surface area (Å²) in [7, 11) is -2.58. The number of carbonyl (C=O) groups excluding carboxylic acids is 1. The van der Waals surface area contributed by atoms with Crippen molar-refractivity contribution >= 4 is 16.0 Å². The number of nitrogens with one attached hydrogen (secondary N) is 1. The first-order valence-corrected chi connectivity index (χ1v) is 10.4. The van der Waals surface area contributed by atoms with Crippen LogP contribution in [0.5, 0.6) is 11.5 Å². The van der Waals surface area contributed by atoms with Crippen molar-refractivity contribution in [3.63, 3.8) is 0 Å². The van der Waals surface area contributed by atoms with Crippen molar-refractivity contribution in [3.8, 4) is 11.5 Å². The third-order valence-electron chi connectivity index (χ3n) is 3.97. The smallest absolute Gasteiger partial charge is 0.337 e. The third kappa shape index (κ3) is 5.24. The molecule has 2 aromatic rings. The predicted octanol–water partition coefficient (Wildman–Crippen LogP) is 3.06. The van der Waals surface area contributed by atoms with Gasteiger partial charge in [0.05, 0.1) is 30.8 Å². The van der Waals surface area contributed by atoms with Gasteiger partial charge in [0.15, 0.2) is 11.5 Å². The van der Waals surface area contributed by atoms with Gasteiger partial charge < -0.3 is 14.2 Å². The summed E-state index contributed by atoms with van der Waals surface area (Å²) < 4.78 is 43.8. The molecule has 152 valence electrons. The molecule has 0 saturated carbocycles. The van der Waals surface area contributed by atoms with Crippen LogP contribution in [0.25, 0.3) is 0 Å². The van der Waals surface area contributed by atoms with Gasteiger partial charge in [-0.15, -0.1) is 0 Å². The fourth-order valence-electron chi connectivity index (χ4n) is 2.60. The number of hydrogen-bond acceptors (Lipinski definition) is 6. The van der Waals surface area contributed by atoms with Crippen molar-refractivity contribution in [2.75, 3.05) is 20.3 Å². The minimum absolute atomic E-state index is 0.0337. The zero-order valence-electron chi connectivity index (χ0n) is 16.4. The molecule has 1 N–H and O–H groups in total. The number of aryl methyl sites for hydroxylation is 1. The van der Waals surface area contributed by atoms with Gasteiger partial charge in [-0.3, -0.25) is 0 Å². The van der Waals surface area contributed by atoms with Crippen molar-refractivity contribution in [1.29, 1.82) is 0 Å². The maximum Gasteiger partial charge on any atom is 0.337 e. The maximum absolute atomic E-state index is 12.8. The molecule has 0 heterocycles. The molecule has 2 rings (SSSR count). The Morgan fingerprint density at radius 2 is 1.68 bits per heavy atom. The van der Waals surface area contributed by atoms with Gasteiger partial charge in [0, 0.05) is 6.54 Å². The maximum atomic E-state index is 12.8. The highest BCUT2D eigenvalue weighted by atomic mass is 32.2. The van der Waals surface area contributed by atoms with Crippen molar-refractivity contribution in [1.82, 2.24) is 4.72 Å². The minimum atomic E-state index is -3.83. The minimum Gasteiger partial charge on any atom is -0.490 e. The van der Waals surface area contributed by atoms with Crippen LogP contribution in [0, 0.1) is 6.92 Å². The molecule has 0 atom stereocenters. The van der Waals surface area contributed by atoms with Crippen LogP contribution in [0.15, 0.2) is 41.3 Å². The lowest BCUT2D eigenvalue weighted by Crippen LogP contribution is -2.24. The largest absolute Gasteiger partial charge is 0.490 e. The van der Waals surface area contributed by atoms with E-state index in [0.29, 0.717) is 30.3 Å². The first kappa shape index (κ1) is 21.7. The Hall–Kier alpha value is -2.58. The summed E-state index contributed by atoms with van der Waals surface area (Å²) in [6.07, 6.45) is 0. The van der Waals surface area contributed by atoms with Crippen molar-refractivity contribution in [2.24, 2.45) is 0 Å². The van der Waals surface area contributed by atoms with E-state index >= 15 is 0 Å². The molecule has 0 radical (unpaired) electrons. The van der Waals surface area contributed by atoms with E-state index in [0.717, 1.165) is 5.56 Å². The first-order chi connectivity index (χ1) is 13.3. The number of methoxy groups -OCH3 is 1. The van der Waals surface area contributed by atoms with Crippen LogP contribution < -0.4 is 14.2 Å². The summed E-state index contributed by atoms with van der Waals surface area (Å²) in [4.78, 5) is 11.7.